The highest BCUT2D eigenvalue weighted by atomic mass is 16.1. The van der Waals surface area contributed by atoms with E-state index in [2.05, 4.69) is 37.3 Å². The number of nitrogens with zero attached hydrogens (tertiary/aromatic N) is 3. The highest BCUT2D eigenvalue weighted by Crippen LogP contribution is 2.29. The standard InChI is InChI=1S/C22H25N5O/c28-21(25-16-8-12-27(13-9-16)22-23-10-3-11-24-22)15-6-7-20-18(14-15)17-4-1-2-5-19(17)26-20/h3,6-7,10-11,14,16,26H,1-2,4-5,8-9,12-13H2,(H,25,28). The van der Waals surface area contributed by atoms with Gasteiger partial charge in [-0.05, 0) is 68.4 Å². The fraction of sp³-hybridized carbons (Fsp3) is 0.409. The zero-order valence-electron chi connectivity index (χ0n) is 15.9. The lowest BCUT2D eigenvalue weighted by molar-refractivity contribution is 0.0931. The summed E-state index contributed by atoms with van der Waals surface area (Å²) in [5, 5.41) is 4.45. The van der Waals surface area contributed by atoms with E-state index in [0.29, 0.717) is 0 Å². The number of carbonyl (C=O) groups excluding carboxylic acids is 1. The fourth-order valence-corrected chi connectivity index (χ4v) is 4.49. The molecule has 28 heavy (non-hydrogen) atoms. The summed E-state index contributed by atoms with van der Waals surface area (Å²) in [6, 6.07) is 8.08. The van der Waals surface area contributed by atoms with Gasteiger partial charge in [-0.15, -0.1) is 0 Å². The number of fused-ring (bicyclic) bond motifs is 3. The molecule has 3 aromatic rings. The number of amides is 1. The van der Waals surface area contributed by atoms with E-state index in [0.717, 1.165) is 55.8 Å². The van der Waals surface area contributed by atoms with Crippen LogP contribution in [0.4, 0.5) is 5.95 Å². The van der Waals surface area contributed by atoms with Crippen LogP contribution >= 0.6 is 0 Å². The van der Waals surface area contributed by atoms with Crippen LogP contribution in [0.1, 0.15) is 47.3 Å². The third-order valence-corrected chi connectivity index (χ3v) is 6.03. The van der Waals surface area contributed by atoms with Gasteiger partial charge < -0.3 is 15.2 Å². The van der Waals surface area contributed by atoms with Crippen LogP contribution in [0, 0.1) is 0 Å². The third kappa shape index (κ3) is 3.23. The zero-order chi connectivity index (χ0) is 18.9. The summed E-state index contributed by atoms with van der Waals surface area (Å²) < 4.78 is 0. The van der Waals surface area contributed by atoms with Crippen LogP contribution in [0.2, 0.25) is 0 Å². The average molecular weight is 375 g/mol. The molecule has 3 heterocycles. The predicted molar refractivity (Wildman–Crippen MR) is 110 cm³/mol. The molecule has 1 aliphatic heterocycles. The van der Waals surface area contributed by atoms with Gasteiger partial charge in [-0.2, -0.15) is 0 Å². The Bertz CT molecular complexity index is 989. The smallest absolute Gasteiger partial charge is 0.251 e. The van der Waals surface area contributed by atoms with Crippen molar-refractivity contribution < 1.29 is 4.79 Å². The molecule has 2 aromatic heterocycles. The number of aromatic amines is 1. The molecule has 0 atom stereocenters. The van der Waals surface area contributed by atoms with Gasteiger partial charge in [0.15, 0.2) is 0 Å². The van der Waals surface area contributed by atoms with Crippen molar-refractivity contribution >= 4 is 22.8 Å². The molecular weight excluding hydrogens is 350 g/mol. The zero-order valence-corrected chi connectivity index (χ0v) is 15.9. The molecule has 144 valence electrons. The molecule has 0 spiro atoms. The third-order valence-electron chi connectivity index (χ3n) is 6.03. The molecule has 1 aromatic carbocycles. The molecule has 2 aliphatic rings. The Morgan fingerprint density at radius 3 is 2.71 bits per heavy atom. The minimum Gasteiger partial charge on any atom is -0.358 e. The minimum atomic E-state index is 0.0297. The van der Waals surface area contributed by atoms with Gasteiger partial charge in [-0.1, -0.05) is 0 Å². The van der Waals surface area contributed by atoms with Crippen LogP contribution in [0.3, 0.4) is 0 Å². The second-order valence-electron chi connectivity index (χ2n) is 7.83. The molecule has 2 N–H and O–H groups in total. The van der Waals surface area contributed by atoms with Gasteiger partial charge in [0.2, 0.25) is 5.95 Å². The van der Waals surface area contributed by atoms with E-state index >= 15 is 0 Å². The molecule has 6 nitrogen and oxygen atoms in total. The summed E-state index contributed by atoms with van der Waals surface area (Å²) in [4.78, 5) is 27.2. The number of hydrogen-bond donors (Lipinski definition) is 2. The summed E-state index contributed by atoms with van der Waals surface area (Å²) in [5.74, 6) is 0.803. The lowest BCUT2D eigenvalue weighted by Crippen LogP contribution is -2.45. The number of piperidine rings is 1. The number of anilines is 1. The van der Waals surface area contributed by atoms with Crippen LogP contribution in [0.5, 0.6) is 0 Å². The van der Waals surface area contributed by atoms with Gasteiger partial charge in [0.25, 0.3) is 5.91 Å². The van der Waals surface area contributed by atoms with E-state index < -0.39 is 0 Å². The average Bonchev–Trinajstić information content (AvgIpc) is 3.13. The van der Waals surface area contributed by atoms with E-state index in [4.69, 9.17) is 0 Å². The Morgan fingerprint density at radius 1 is 1.11 bits per heavy atom. The van der Waals surface area contributed by atoms with Gasteiger partial charge >= 0.3 is 0 Å². The van der Waals surface area contributed by atoms with Crippen molar-refractivity contribution in [2.45, 2.75) is 44.6 Å². The van der Waals surface area contributed by atoms with Crippen LogP contribution < -0.4 is 10.2 Å². The van der Waals surface area contributed by atoms with E-state index in [1.807, 2.05) is 12.1 Å². The number of benzene rings is 1. The van der Waals surface area contributed by atoms with Crippen molar-refractivity contribution in [3.05, 3.63) is 53.5 Å². The highest BCUT2D eigenvalue weighted by molar-refractivity contribution is 5.99. The Balaban J connectivity index is 1.26. The van der Waals surface area contributed by atoms with Crippen molar-refractivity contribution in [3.63, 3.8) is 0 Å². The quantitative estimate of drug-likeness (QED) is 0.737. The lowest BCUT2D eigenvalue weighted by Gasteiger charge is -2.32. The SMILES string of the molecule is O=C(NC1CCN(c2ncccn2)CC1)c1ccc2[nH]c3c(c2c1)CCCC3. The summed E-state index contributed by atoms with van der Waals surface area (Å²) in [6.07, 6.45) is 10.1. The van der Waals surface area contributed by atoms with Gasteiger partial charge in [-0.3, -0.25) is 4.79 Å². The van der Waals surface area contributed by atoms with Crippen molar-refractivity contribution in [1.82, 2.24) is 20.3 Å². The van der Waals surface area contributed by atoms with Crippen LogP contribution in [-0.4, -0.2) is 40.0 Å². The predicted octanol–water partition coefficient (Wildman–Crippen LogP) is 3.24. The second kappa shape index (κ2) is 7.26. The molecule has 0 unspecified atom stereocenters. The first kappa shape index (κ1) is 17.2. The Kier molecular flexibility index (Phi) is 4.47. The first-order valence-electron chi connectivity index (χ1n) is 10.2. The summed E-state index contributed by atoms with van der Waals surface area (Å²) in [6.45, 7) is 1.72. The normalized spacial score (nSPS) is 17.5. The Hall–Kier alpha value is -2.89. The maximum absolute atomic E-state index is 12.8. The van der Waals surface area contributed by atoms with Crippen molar-refractivity contribution in [2.24, 2.45) is 0 Å². The lowest BCUT2D eigenvalue weighted by atomic mass is 9.95. The molecule has 0 bridgehead atoms. The maximum atomic E-state index is 12.8. The number of aryl methyl sites for hydroxylation is 2. The van der Waals surface area contributed by atoms with E-state index in [-0.39, 0.29) is 11.9 Å². The van der Waals surface area contributed by atoms with Gasteiger partial charge in [0.1, 0.15) is 0 Å². The van der Waals surface area contributed by atoms with E-state index in [9.17, 15) is 4.79 Å². The molecule has 6 heteroatoms. The molecule has 1 amide bonds. The monoisotopic (exact) mass is 375 g/mol. The Morgan fingerprint density at radius 2 is 1.89 bits per heavy atom. The summed E-state index contributed by atoms with van der Waals surface area (Å²) in [5.41, 5.74) is 4.68. The summed E-state index contributed by atoms with van der Waals surface area (Å²) in [7, 11) is 0. The first-order chi connectivity index (χ1) is 13.8. The number of aromatic nitrogens is 3. The first-order valence-corrected chi connectivity index (χ1v) is 10.2. The van der Waals surface area contributed by atoms with Gasteiger partial charge in [-0.25, -0.2) is 9.97 Å². The second-order valence-corrected chi connectivity index (χ2v) is 7.83. The number of hydrogen-bond acceptors (Lipinski definition) is 4. The topological polar surface area (TPSA) is 73.9 Å². The van der Waals surface area contributed by atoms with Crippen LogP contribution in [0.25, 0.3) is 10.9 Å². The maximum Gasteiger partial charge on any atom is 0.251 e. The summed E-state index contributed by atoms with van der Waals surface area (Å²) >= 11 is 0. The molecule has 5 rings (SSSR count). The highest BCUT2D eigenvalue weighted by Gasteiger charge is 2.23. The Labute approximate surface area is 164 Å². The molecule has 1 saturated heterocycles. The number of carbonyl (C=O) groups is 1. The molecule has 0 radical (unpaired) electrons. The van der Waals surface area contributed by atoms with E-state index in [1.54, 1.807) is 12.4 Å². The fourth-order valence-electron chi connectivity index (χ4n) is 4.49. The minimum absolute atomic E-state index is 0.0297. The van der Waals surface area contributed by atoms with Crippen LogP contribution in [-0.2, 0) is 12.8 Å². The van der Waals surface area contributed by atoms with Crippen molar-refractivity contribution in [1.29, 1.82) is 0 Å². The number of nitrogens with one attached hydrogen (secondary N) is 2. The molecule has 1 fully saturated rings. The van der Waals surface area contributed by atoms with Gasteiger partial charge in [0, 0.05) is 53.7 Å². The van der Waals surface area contributed by atoms with E-state index in [1.165, 1.54) is 29.5 Å². The molecule has 1 aliphatic carbocycles. The van der Waals surface area contributed by atoms with Gasteiger partial charge in [0.05, 0.1) is 0 Å². The largest absolute Gasteiger partial charge is 0.358 e. The van der Waals surface area contributed by atoms with Crippen molar-refractivity contribution in [2.75, 3.05) is 18.0 Å². The van der Waals surface area contributed by atoms with Crippen LogP contribution in [0.15, 0.2) is 36.7 Å². The number of H-pyrrole nitrogens is 1. The number of rotatable bonds is 3. The van der Waals surface area contributed by atoms with Crippen molar-refractivity contribution in [3.8, 4) is 0 Å². The molecule has 0 saturated carbocycles. The molecular formula is C22H25N5O.